The molecule has 0 amide bonds. The van der Waals surface area contributed by atoms with Gasteiger partial charge in [-0.3, -0.25) is 0 Å². The van der Waals surface area contributed by atoms with E-state index < -0.39 is 23.7 Å². The van der Waals surface area contributed by atoms with Crippen molar-refractivity contribution in [3.05, 3.63) is 110 Å². The Kier molecular flexibility index (Phi) is 9.11. The summed E-state index contributed by atoms with van der Waals surface area (Å²) in [6.07, 6.45) is -1.69. The second-order valence-electron chi connectivity index (χ2n) is 9.76. The normalized spacial score (nSPS) is 11.5. The molecule has 5 rings (SSSR count). The van der Waals surface area contributed by atoms with Gasteiger partial charge in [0.1, 0.15) is 35.4 Å². The Morgan fingerprint density at radius 2 is 1.71 bits per heavy atom. The van der Waals surface area contributed by atoms with Crippen molar-refractivity contribution in [2.45, 2.75) is 32.8 Å². The zero-order valence-electron chi connectivity index (χ0n) is 22.7. The Morgan fingerprint density at radius 1 is 0.929 bits per heavy atom. The van der Waals surface area contributed by atoms with Crippen molar-refractivity contribution >= 4 is 33.6 Å². The number of hydrogen-bond acceptors (Lipinski definition) is 6. The molecule has 0 unspecified atom stereocenters. The van der Waals surface area contributed by atoms with Crippen LogP contribution in [0.25, 0.3) is 22.3 Å². The number of fused-ring (bicyclic) bond motifs is 1. The third-order valence-electron chi connectivity index (χ3n) is 6.79. The van der Waals surface area contributed by atoms with Gasteiger partial charge in [-0.05, 0) is 77.0 Å². The molecule has 0 spiro atoms. The largest absolute Gasteiger partial charge is 0.473 e. The van der Waals surface area contributed by atoms with Crippen molar-refractivity contribution in [3.8, 4) is 17.1 Å². The van der Waals surface area contributed by atoms with E-state index in [9.17, 15) is 14.6 Å². The number of pyridine rings is 1. The first-order valence-electron chi connectivity index (χ1n) is 13.0. The zero-order chi connectivity index (χ0) is 30.0. The molecule has 0 atom stereocenters. The second-order valence-corrected chi connectivity index (χ2v) is 10.9. The predicted molar refractivity (Wildman–Crippen MR) is 159 cm³/mol. The zero-order valence-corrected chi connectivity index (χ0v) is 24.9. The highest BCUT2D eigenvalue weighted by molar-refractivity contribution is 14.1. The molecule has 0 bridgehead atoms. The van der Waals surface area contributed by atoms with E-state index in [0.717, 1.165) is 17.7 Å². The predicted octanol–water partition coefficient (Wildman–Crippen LogP) is 6.23. The number of nitrogens with zero attached hydrogens (tertiary/aromatic N) is 3. The van der Waals surface area contributed by atoms with Crippen molar-refractivity contribution < 1.29 is 32.9 Å². The quantitative estimate of drug-likeness (QED) is 0.134. The van der Waals surface area contributed by atoms with Gasteiger partial charge in [-0.1, -0.05) is 18.2 Å². The smallest absolute Gasteiger partial charge is 0.214 e. The van der Waals surface area contributed by atoms with Crippen LogP contribution in [0, 0.1) is 27.9 Å². The maximum absolute atomic E-state index is 15.4. The number of benzene rings is 3. The van der Waals surface area contributed by atoms with E-state index in [0.29, 0.717) is 44.7 Å². The molecule has 3 aromatic carbocycles. The van der Waals surface area contributed by atoms with Gasteiger partial charge in [0.2, 0.25) is 5.88 Å². The molecule has 11 heteroatoms. The van der Waals surface area contributed by atoms with Crippen molar-refractivity contribution in [2.24, 2.45) is 0 Å². The van der Waals surface area contributed by atoms with Crippen molar-refractivity contribution in [1.82, 2.24) is 14.5 Å². The van der Waals surface area contributed by atoms with Crippen molar-refractivity contribution in [3.63, 3.8) is 0 Å². The van der Waals surface area contributed by atoms with Gasteiger partial charge in [0.15, 0.2) is 6.29 Å². The van der Waals surface area contributed by atoms with Crippen LogP contribution < -0.4 is 4.74 Å². The van der Waals surface area contributed by atoms with Gasteiger partial charge >= 0.3 is 0 Å². The van der Waals surface area contributed by atoms with Gasteiger partial charge in [-0.25, -0.2) is 23.1 Å². The molecule has 0 aliphatic rings. The summed E-state index contributed by atoms with van der Waals surface area (Å²) in [4.78, 5) is 8.98. The first-order valence-corrected chi connectivity index (χ1v) is 14.1. The first-order chi connectivity index (χ1) is 20.1. The third kappa shape index (κ3) is 6.43. The Bertz CT molecular complexity index is 1760. The van der Waals surface area contributed by atoms with Crippen LogP contribution in [-0.4, -0.2) is 38.5 Å². The molecular weight excluding hydrogens is 662 g/mol. The molecule has 2 N–H and O–H groups in total. The molecule has 2 aromatic heterocycles. The Hall–Kier alpha value is -3.52. The summed E-state index contributed by atoms with van der Waals surface area (Å²) in [6, 6.07) is 14.9. The van der Waals surface area contributed by atoms with E-state index in [1.54, 1.807) is 55.0 Å². The van der Waals surface area contributed by atoms with Gasteiger partial charge in [-0.15, -0.1) is 0 Å². The lowest BCUT2D eigenvalue weighted by molar-refractivity contribution is -0.0424. The number of imidazole rings is 1. The minimum Gasteiger partial charge on any atom is -0.473 e. The number of halogens is 4. The fourth-order valence-corrected chi connectivity index (χ4v) is 5.38. The number of hydrogen-bond donors (Lipinski definition) is 2. The van der Waals surface area contributed by atoms with Crippen molar-refractivity contribution in [1.29, 1.82) is 0 Å². The molecular formula is C31H27F3IN3O4. The van der Waals surface area contributed by atoms with Crippen LogP contribution in [0.1, 0.15) is 34.4 Å². The van der Waals surface area contributed by atoms with Gasteiger partial charge in [0.05, 0.1) is 17.8 Å². The summed E-state index contributed by atoms with van der Waals surface area (Å²) in [6.45, 7) is 2.42. The Labute approximate surface area is 253 Å². The van der Waals surface area contributed by atoms with Gasteiger partial charge in [0.25, 0.3) is 0 Å². The van der Waals surface area contributed by atoms with E-state index >= 15 is 8.78 Å². The van der Waals surface area contributed by atoms with Crippen molar-refractivity contribution in [2.75, 3.05) is 13.7 Å². The van der Waals surface area contributed by atoms with Gasteiger partial charge in [0, 0.05) is 46.4 Å². The number of aromatic nitrogens is 3. The summed E-state index contributed by atoms with van der Waals surface area (Å²) in [7, 11) is 1.55. The number of rotatable bonds is 10. The Morgan fingerprint density at radius 3 is 2.45 bits per heavy atom. The topological polar surface area (TPSA) is 89.6 Å². The van der Waals surface area contributed by atoms with Gasteiger partial charge < -0.3 is 24.3 Å². The molecule has 218 valence electrons. The minimum absolute atomic E-state index is 0.0206. The number of aliphatic hydroxyl groups is 2. The fourth-order valence-electron chi connectivity index (χ4n) is 4.62. The highest BCUT2D eigenvalue weighted by atomic mass is 127. The summed E-state index contributed by atoms with van der Waals surface area (Å²) in [5.74, 6) is -1.11. The molecule has 0 aliphatic heterocycles. The SMILES string of the molecule is COCCn1c(Cc2cc(F)c(-c3cccc(OCc4ccc(C)cc4F)n3)cc2F)nc2c(I)cc(C(O)O)cc21. The molecule has 42 heavy (non-hydrogen) atoms. The molecule has 0 fully saturated rings. The summed E-state index contributed by atoms with van der Waals surface area (Å²) in [5.41, 5.74) is 2.87. The van der Waals surface area contributed by atoms with Crippen LogP contribution in [0.4, 0.5) is 13.2 Å². The number of ether oxygens (including phenoxy) is 2. The van der Waals surface area contributed by atoms with E-state index in [1.165, 1.54) is 12.1 Å². The maximum atomic E-state index is 15.4. The van der Waals surface area contributed by atoms with E-state index in [-0.39, 0.29) is 35.7 Å². The summed E-state index contributed by atoms with van der Waals surface area (Å²) >= 11 is 2.05. The molecule has 5 aromatic rings. The number of aryl methyl sites for hydroxylation is 1. The standard InChI is InChI=1S/C31H27F3IN3O4/c1-17-6-7-18(22(32)10-17)16-42-29-5-3-4-26(36-29)21-15-23(33)19(11-24(21)34)14-28-37-30-25(35)12-20(31(39)40)13-27(30)38(28)8-9-41-2/h3-7,10-13,15,31,39-40H,8-9,14,16H2,1-2H3. The van der Waals surface area contributed by atoms with Crippen LogP contribution in [0.3, 0.4) is 0 Å². The lowest BCUT2D eigenvalue weighted by atomic mass is 10.0. The first kappa shape index (κ1) is 30.0. The van der Waals surface area contributed by atoms with E-state index in [2.05, 4.69) is 32.6 Å². The molecule has 7 nitrogen and oxygen atoms in total. The third-order valence-corrected chi connectivity index (χ3v) is 7.62. The fraction of sp³-hybridized carbons (Fsp3) is 0.226. The van der Waals surface area contributed by atoms with Gasteiger partial charge in [-0.2, -0.15) is 0 Å². The average molecular weight is 689 g/mol. The second kappa shape index (κ2) is 12.8. The van der Waals surface area contributed by atoms with E-state index in [4.69, 9.17) is 9.47 Å². The lowest BCUT2D eigenvalue weighted by Crippen LogP contribution is -2.10. The molecule has 0 radical (unpaired) electrons. The lowest BCUT2D eigenvalue weighted by Gasteiger charge is -2.12. The number of aliphatic hydroxyl groups excluding tert-OH is 1. The van der Waals surface area contributed by atoms with Crippen LogP contribution >= 0.6 is 22.6 Å². The molecule has 2 heterocycles. The average Bonchev–Trinajstić information content (AvgIpc) is 3.30. The van der Waals surface area contributed by atoms with E-state index in [1.807, 2.05) is 0 Å². The van der Waals surface area contributed by atoms with Crippen LogP contribution in [0.2, 0.25) is 0 Å². The molecule has 0 saturated heterocycles. The minimum atomic E-state index is -1.67. The summed E-state index contributed by atoms with van der Waals surface area (Å²) in [5, 5.41) is 19.4. The van der Waals surface area contributed by atoms with Crippen LogP contribution in [0.15, 0.2) is 60.7 Å². The monoisotopic (exact) mass is 689 g/mol. The maximum Gasteiger partial charge on any atom is 0.214 e. The van der Waals surface area contributed by atoms with Crippen LogP contribution in [0.5, 0.6) is 5.88 Å². The number of methoxy groups -OCH3 is 1. The molecule has 0 aliphatic carbocycles. The molecule has 0 saturated carbocycles. The summed E-state index contributed by atoms with van der Waals surface area (Å²) < 4.78 is 58.4. The van der Waals surface area contributed by atoms with Crippen LogP contribution in [-0.2, 0) is 24.3 Å². The highest BCUT2D eigenvalue weighted by Crippen LogP contribution is 2.30. The Balaban J connectivity index is 1.43. The highest BCUT2D eigenvalue weighted by Gasteiger charge is 2.20.